The van der Waals surface area contributed by atoms with Gasteiger partial charge in [-0.1, -0.05) is 42.5 Å². The zero-order valence-corrected chi connectivity index (χ0v) is 17.9. The third-order valence-corrected chi connectivity index (χ3v) is 6.23. The van der Waals surface area contributed by atoms with Crippen LogP contribution in [0.3, 0.4) is 0 Å². The van der Waals surface area contributed by atoms with Gasteiger partial charge in [-0.25, -0.2) is 0 Å². The molecule has 2 aromatic rings. The maximum atomic E-state index is 13.0. The van der Waals surface area contributed by atoms with Crippen LogP contribution in [0, 0.1) is 0 Å². The van der Waals surface area contributed by atoms with Crippen molar-refractivity contribution < 1.29 is 14.4 Å². The van der Waals surface area contributed by atoms with E-state index in [2.05, 4.69) is 10.6 Å². The molecule has 2 heterocycles. The molecule has 0 unspecified atom stereocenters. The number of carbonyl (C=O) groups is 3. The molecular weight excluding hydrogens is 392 g/mol. The quantitative estimate of drug-likeness (QED) is 0.797. The number of likely N-dealkylation sites (tertiary alicyclic amines) is 1. The summed E-state index contributed by atoms with van der Waals surface area (Å²) in [6.07, 6.45) is 1.26. The van der Waals surface area contributed by atoms with E-state index in [-0.39, 0.29) is 24.1 Å². The van der Waals surface area contributed by atoms with Crippen LogP contribution in [0.1, 0.15) is 42.1 Å². The van der Waals surface area contributed by atoms with Crippen molar-refractivity contribution in [3.8, 4) is 0 Å². The molecule has 31 heavy (non-hydrogen) atoms. The lowest BCUT2D eigenvalue weighted by atomic mass is 9.95. The molecule has 2 aliphatic heterocycles. The van der Waals surface area contributed by atoms with Gasteiger partial charge in [-0.3, -0.25) is 14.4 Å². The molecule has 2 N–H and O–H groups in total. The van der Waals surface area contributed by atoms with E-state index in [0.29, 0.717) is 31.5 Å². The van der Waals surface area contributed by atoms with Crippen molar-refractivity contribution in [2.24, 2.45) is 0 Å². The van der Waals surface area contributed by atoms with Crippen LogP contribution in [0.2, 0.25) is 0 Å². The lowest BCUT2D eigenvalue weighted by Gasteiger charge is -2.40. The smallest absolute Gasteiger partial charge is 0.255 e. The molecule has 7 heteroatoms. The molecule has 1 saturated heterocycles. The van der Waals surface area contributed by atoms with Crippen molar-refractivity contribution in [1.82, 2.24) is 15.1 Å². The van der Waals surface area contributed by atoms with Gasteiger partial charge < -0.3 is 20.4 Å². The van der Waals surface area contributed by atoms with Crippen LogP contribution in [0.4, 0.5) is 5.69 Å². The van der Waals surface area contributed by atoms with Gasteiger partial charge in [0.2, 0.25) is 11.8 Å². The minimum Gasteiger partial charge on any atom is -0.362 e. The van der Waals surface area contributed by atoms with E-state index in [1.165, 1.54) is 0 Å². The number of amides is 3. The van der Waals surface area contributed by atoms with Crippen molar-refractivity contribution in [3.63, 3.8) is 0 Å². The summed E-state index contributed by atoms with van der Waals surface area (Å²) >= 11 is 0. The van der Waals surface area contributed by atoms with Crippen LogP contribution < -0.4 is 10.6 Å². The van der Waals surface area contributed by atoms with E-state index in [0.717, 1.165) is 11.3 Å². The molecular formula is C24H28N4O3. The minimum atomic E-state index is -0.686. The van der Waals surface area contributed by atoms with Gasteiger partial charge in [0.05, 0.1) is 5.56 Å². The summed E-state index contributed by atoms with van der Waals surface area (Å²) < 4.78 is 0. The van der Waals surface area contributed by atoms with Crippen molar-refractivity contribution in [1.29, 1.82) is 0 Å². The molecule has 7 nitrogen and oxygen atoms in total. The zero-order valence-electron chi connectivity index (χ0n) is 17.9. The van der Waals surface area contributed by atoms with Crippen molar-refractivity contribution in [2.45, 2.75) is 44.4 Å². The van der Waals surface area contributed by atoms with Gasteiger partial charge >= 0.3 is 0 Å². The predicted octanol–water partition coefficient (Wildman–Crippen LogP) is 2.60. The number of fused-ring (bicyclic) bond motifs is 1. The summed E-state index contributed by atoms with van der Waals surface area (Å²) in [5, 5.41) is 6.51. The molecule has 2 aliphatic rings. The van der Waals surface area contributed by atoms with Gasteiger partial charge in [0.1, 0.15) is 11.7 Å². The number of anilines is 1. The average molecular weight is 421 g/mol. The van der Waals surface area contributed by atoms with Crippen LogP contribution >= 0.6 is 0 Å². The second-order valence-corrected chi connectivity index (χ2v) is 8.40. The van der Waals surface area contributed by atoms with Crippen LogP contribution in [0.25, 0.3) is 0 Å². The Labute approximate surface area is 182 Å². The molecule has 162 valence electrons. The summed E-state index contributed by atoms with van der Waals surface area (Å²) in [4.78, 5) is 41.9. The number of benzene rings is 2. The topological polar surface area (TPSA) is 81.8 Å². The first-order valence-electron chi connectivity index (χ1n) is 10.7. The van der Waals surface area contributed by atoms with Crippen LogP contribution in [-0.4, -0.2) is 52.8 Å². The number of nitrogens with zero attached hydrogens (tertiary/aromatic N) is 2. The number of para-hydroxylation sites is 1. The third-order valence-electron chi connectivity index (χ3n) is 6.23. The summed E-state index contributed by atoms with van der Waals surface area (Å²) in [7, 11) is 1.76. The van der Waals surface area contributed by atoms with Crippen LogP contribution in [0.15, 0.2) is 54.6 Å². The number of rotatable bonds is 4. The van der Waals surface area contributed by atoms with Gasteiger partial charge in [-0.2, -0.15) is 0 Å². The second-order valence-electron chi connectivity index (χ2n) is 8.40. The van der Waals surface area contributed by atoms with Crippen molar-refractivity contribution >= 4 is 23.4 Å². The number of carbonyl (C=O) groups excluding carboxylic acids is 3. The van der Waals surface area contributed by atoms with Gasteiger partial charge in [-0.15, -0.1) is 0 Å². The Morgan fingerprint density at radius 1 is 1.06 bits per heavy atom. The summed E-state index contributed by atoms with van der Waals surface area (Å²) in [6, 6.07) is 16.6. The highest BCUT2D eigenvalue weighted by Crippen LogP contribution is 2.32. The van der Waals surface area contributed by atoms with E-state index in [4.69, 9.17) is 0 Å². The first kappa shape index (κ1) is 20.9. The van der Waals surface area contributed by atoms with Crippen LogP contribution in [0.5, 0.6) is 0 Å². The monoisotopic (exact) mass is 420 g/mol. The van der Waals surface area contributed by atoms with E-state index in [1.54, 1.807) is 29.8 Å². The highest BCUT2D eigenvalue weighted by molar-refractivity contribution is 6.02. The van der Waals surface area contributed by atoms with E-state index < -0.39 is 11.7 Å². The zero-order chi connectivity index (χ0) is 22.0. The molecule has 2 atom stereocenters. The summed E-state index contributed by atoms with van der Waals surface area (Å²) in [6.45, 7) is 2.66. The Balaban J connectivity index is 1.45. The Morgan fingerprint density at radius 2 is 1.77 bits per heavy atom. The Hall–Kier alpha value is -3.35. The average Bonchev–Trinajstić information content (AvgIpc) is 2.92. The summed E-state index contributed by atoms with van der Waals surface area (Å²) in [5.41, 5.74) is 1.74. The Bertz CT molecular complexity index is 993. The maximum Gasteiger partial charge on any atom is 0.255 e. The lowest BCUT2D eigenvalue weighted by Crippen LogP contribution is -2.58. The molecule has 0 bridgehead atoms. The van der Waals surface area contributed by atoms with Gasteiger partial charge in [0, 0.05) is 38.7 Å². The molecule has 2 aromatic carbocycles. The Morgan fingerprint density at radius 3 is 2.55 bits per heavy atom. The summed E-state index contributed by atoms with van der Waals surface area (Å²) in [5.74, 6) is -0.304. The molecule has 1 fully saturated rings. The third kappa shape index (κ3) is 4.26. The first-order valence-corrected chi connectivity index (χ1v) is 10.7. The molecule has 0 aromatic heterocycles. The van der Waals surface area contributed by atoms with E-state index >= 15 is 0 Å². The molecule has 0 saturated carbocycles. The molecule has 0 radical (unpaired) electrons. The van der Waals surface area contributed by atoms with Crippen molar-refractivity contribution in [3.05, 3.63) is 65.7 Å². The fourth-order valence-electron chi connectivity index (χ4n) is 4.44. The predicted molar refractivity (Wildman–Crippen MR) is 118 cm³/mol. The van der Waals surface area contributed by atoms with Crippen LogP contribution in [-0.2, 0) is 16.1 Å². The van der Waals surface area contributed by atoms with E-state index in [9.17, 15) is 14.4 Å². The normalized spacial score (nSPS) is 21.5. The molecule has 1 spiro atoms. The molecule has 4 rings (SSSR count). The number of likely N-dealkylation sites (N-methyl/N-ethyl adjacent to an activating group) is 1. The minimum absolute atomic E-state index is 0.0688. The Kier molecular flexibility index (Phi) is 5.67. The fourth-order valence-corrected chi connectivity index (χ4v) is 4.44. The number of hydrogen-bond donors (Lipinski definition) is 2. The second kappa shape index (κ2) is 8.41. The number of nitrogens with one attached hydrogen (secondary N) is 2. The maximum absolute atomic E-state index is 13.0. The fraction of sp³-hybridized carbons (Fsp3) is 0.375. The van der Waals surface area contributed by atoms with Crippen molar-refractivity contribution in [2.75, 3.05) is 18.9 Å². The van der Waals surface area contributed by atoms with Gasteiger partial charge in [-0.05, 0) is 31.0 Å². The SMILES string of the molecule is C[C@@H](C(=O)N(C)Cc1ccccc1)N1CC[C@]2(CCC1=O)NC(=O)c1ccccc1N2. The van der Waals surface area contributed by atoms with Gasteiger partial charge in [0.15, 0.2) is 0 Å². The highest BCUT2D eigenvalue weighted by atomic mass is 16.2. The lowest BCUT2D eigenvalue weighted by molar-refractivity contribution is -0.144. The molecule has 3 amide bonds. The van der Waals surface area contributed by atoms with E-state index in [1.807, 2.05) is 48.5 Å². The van der Waals surface area contributed by atoms with Gasteiger partial charge in [0.25, 0.3) is 5.91 Å². The number of hydrogen-bond acceptors (Lipinski definition) is 4. The standard InChI is InChI=1S/C24H28N4O3/c1-17(23(31)27(2)16-18-8-4-3-5-9-18)28-15-14-24(13-12-21(28)29)25-20-11-7-6-10-19(20)22(30)26-24/h3-11,17,25H,12-16H2,1-2H3,(H,26,30)/t17-,24-/m0/s1. The first-order chi connectivity index (χ1) is 14.9. The largest absolute Gasteiger partial charge is 0.362 e. The molecule has 0 aliphatic carbocycles. The highest BCUT2D eigenvalue weighted by Gasteiger charge is 2.42.